The standard InChI is InChI=1S/C43H26N2/c1-3-13-27(14-4-1)29-25-34(28-15-5-2-6-16-28)40-35(26-29)32-23-24-44-41-33-19-9-12-22-38(33)43(42(45-40)39(32)41)36-20-10-7-17-30(36)31-18-8-11-21-37(31)43/h1-26H. The van der Waals surface area contributed by atoms with Crippen LogP contribution in [0.25, 0.3) is 66.3 Å². The number of pyridine rings is 2. The molecule has 0 atom stereocenters. The second-order valence-electron chi connectivity index (χ2n) is 12.1. The first-order chi connectivity index (χ1) is 22.3. The van der Waals surface area contributed by atoms with E-state index >= 15 is 0 Å². The summed E-state index contributed by atoms with van der Waals surface area (Å²) in [5.41, 5.74) is 14.7. The minimum absolute atomic E-state index is 0.571. The Bertz CT molecular complexity index is 2430. The Morgan fingerprint density at radius 3 is 1.64 bits per heavy atom. The van der Waals surface area contributed by atoms with Gasteiger partial charge in [-0.25, -0.2) is 4.98 Å². The molecule has 2 aromatic heterocycles. The molecule has 8 aromatic rings. The molecule has 208 valence electrons. The smallest absolute Gasteiger partial charge is 0.0899 e. The van der Waals surface area contributed by atoms with Crippen LogP contribution < -0.4 is 0 Å². The SMILES string of the molecule is c1ccc(-c2cc(-c3ccccc3)c3nc4c5c(nccc5c3c2)-c2ccccc2C42c3ccccc3-c3ccccc32)cc1. The van der Waals surface area contributed by atoms with E-state index < -0.39 is 5.41 Å². The van der Waals surface area contributed by atoms with E-state index in [0.29, 0.717) is 0 Å². The Hall–Kier alpha value is -5.86. The molecule has 2 aliphatic carbocycles. The molecule has 0 fully saturated rings. The van der Waals surface area contributed by atoms with Gasteiger partial charge in [0.15, 0.2) is 0 Å². The number of aromatic nitrogens is 2. The second kappa shape index (κ2) is 9.07. The van der Waals surface area contributed by atoms with Crippen molar-refractivity contribution in [2.75, 3.05) is 0 Å². The van der Waals surface area contributed by atoms with Crippen molar-refractivity contribution in [3.8, 4) is 44.6 Å². The molecule has 0 unspecified atom stereocenters. The summed E-state index contributed by atoms with van der Waals surface area (Å²) in [7, 11) is 0. The summed E-state index contributed by atoms with van der Waals surface area (Å²) in [5, 5.41) is 3.47. The van der Waals surface area contributed by atoms with Crippen LogP contribution in [0, 0.1) is 0 Å². The van der Waals surface area contributed by atoms with Gasteiger partial charge in [0.2, 0.25) is 0 Å². The molecule has 0 aliphatic heterocycles. The van der Waals surface area contributed by atoms with E-state index in [1.165, 1.54) is 49.9 Å². The van der Waals surface area contributed by atoms with E-state index in [0.717, 1.165) is 38.8 Å². The number of fused-ring (bicyclic) bond motifs is 11. The fourth-order valence-electron chi connectivity index (χ4n) is 8.09. The third-order valence-electron chi connectivity index (χ3n) is 9.90. The molecule has 0 amide bonds. The summed E-state index contributed by atoms with van der Waals surface area (Å²) in [6, 6.07) is 54.9. The Morgan fingerprint density at radius 2 is 0.978 bits per heavy atom. The molecule has 6 aromatic carbocycles. The summed E-state index contributed by atoms with van der Waals surface area (Å²) >= 11 is 0. The molecule has 0 saturated carbocycles. The van der Waals surface area contributed by atoms with Gasteiger partial charge in [-0.3, -0.25) is 4.98 Å². The van der Waals surface area contributed by atoms with Crippen LogP contribution >= 0.6 is 0 Å². The highest BCUT2D eigenvalue weighted by Gasteiger charge is 2.51. The monoisotopic (exact) mass is 570 g/mol. The van der Waals surface area contributed by atoms with Gasteiger partial charge < -0.3 is 0 Å². The molecular weight excluding hydrogens is 544 g/mol. The minimum atomic E-state index is -0.571. The number of rotatable bonds is 2. The van der Waals surface area contributed by atoms with Crippen molar-refractivity contribution >= 4 is 21.7 Å². The quantitative estimate of drug-likeness (QED) is 0.193. The van der Waals surface area contributed by atoms with E-state index in [9.17, 15) is 0 Å². The fraction of sp³-hybridized carbons (Fsp3) is 0.0233. The summed E-state index contributed by atoms with van der Waals surface area (Å²) in [5.74, 6) is 0. The average Bonchev–Trinajstić information content (AvgIpc) is 3.41. The van der Waals surface area contributed by atoms with Gasteiger partial charge in [0.1, 0.15) is 0 Å². The minimum Gasteiger partial charge on any atom is -0.256 e. The first kappa shape index (κ1) is 24.6. The highest BCUT2D eigenvalue weighted by molar-refractivity contribution is 6.17. The van der Waals surface area contributed by atoms with Crippen LogP contribution in [0.4, 0.5) is 0 Å². The van der Waals surface area contributed by atoms with Crippen molar-refractivity contribution in [1.29, 1.82) is 0 Å². The molecule has 0 saturated heterocycles. The van der Waals surface area contributed by atoms with Crippen molar-refractivity contribution in [2.45, 2.75) is 5.41 Å². The molecule has 1 spiro atoms. The Balaban J connectivity index is 1.45. The summed E-state index contributed by atoms with van der Waals surface area (Å²) < 4.78 is 0. The highest BCUT2D eigenvalue weighted by atomic mass is 14.8. The van der Waals surface area contributed by atoms with E-state index in [1.807, 2.05) is 6.20 Å². The number of benzene rings is 6. The number of hydrogen-bond acceptors (Lipinski definition) is 2. The number of hydrogen-bond donors (Lipinski definition) is 0. The third kappa shape index (κ3) is 3.18. The molecule has 2 heteroatoms. The average molecular weight is 571 g/mol. The van der Waals surface area contributed by atoms with Gasteiger partial charge >= 0.3 is 0 Å². The van der Waals surface area contributed by atoms with Crippen LogP contribution in [0.2, 0.25) is 0 Å². The van der Waals surface area contributed by atoms with Gasteiger partial charge in [0, 0.05) is 28.1 Å². The summed E-state index contributed by atoms with van der Waals surface area (Å²) in [4.78, 5) is 10.9. The number of nitrogens with zero attached hydrogens (tertiary/aromatic N) is 2. The lowest BCUT2D eigenvalue weighted by Crippen LogP contribution is -2.33. The van der Waals surface area contributed by atoms with Crippen molar-refractivity contribution in [2.24, 2.45) is 0 Å². The maximum absolute atomic E-state index is 5.84. The maximum Gasteiger partial charge on any atom is 0.0899 e. The zero-order valence-corrected chi connectivity index (χ0v) is 24.4. The van der Waals surface area contributed by atoms with Gasteiger partial charge in [-0.2, -0.15) is 0 Å². The lowest BCUT2D eigenvalue weighted by atomic mass is 9.64. The fourth-order valence-corrected chi connectivity index (χ4v) is 8.09. The topological polar surface area (TPSA) is 25.8 Å². The van der Waals surface area contributed by atoms with Gasteiger partial charge in [0.25, 0.3) is 0 Å². The van der Waals surface area contributed by atoms with Crippen LogP contribution in [0.5, 0.6) is 0 Å². The van der Waals surface area contributed by atoms with Crippen molar-refractivity contribution in [1.82, 2.24) is 9.97 Å². The van der Waals surface area contributed by atoms with Crippen molar-refractivity contribution in [3.05, 3.63) is 180 Å². The molecule has 45 heavy (non-hydrogen) atoms. The third-order valence-corrected chi connectivity index (χ3v) is 9.90. The maximum atomic E-state index is 5.84. The zero-order valence-electron chi connectivity index (χ0n) is 24.4. The van der Waals surface area contributed by atoms with E-state index in [4.69, 9.17) is 9.97 Å². The molecule has 0 N–H and O–H groups in total. The van der Waals surface area contributed by atoms with Crippen LogP contribution in [-0.4, -0.2) is 9.97 Å². The summed E-state index contributed by atoms with van der Waals surface area (Å²) in [6.45, 7) is 0. The molecule has 2 nitrogen and oxygen atoms in total. The van der Waals surface area contributed by atoms with Gasteiger partial charge in [0.05, 0.1) is 22.3 Å². The van der Waals surface area contributed by atoms with Gasteiger partial charge in [-0.1, -0.05) is 133 Å². The lowest BCUT2D eigenvalue weighted by Gasteiger charge is -2.38. The van der Waals surface area contributed by atoms with Gasteiger partial charge in [-0.15, -0.1) is 0 Å². The Labute approximate surface area is 261 Å². The first-order valence-corrected chi connectivity index (χ1v) is 15.5. The lowest BCUT2D eigenvalue weighted by molar-refractivity contribution is 0.744. The highest BCUT2D eigenvalue weighted by Crippen LogP contribution is 2.61. The van der Waals surface area contributed by atoms with Crippen LogP contribution in [0.1, 0.15) is 22.4 Å². The largest absolute Gasteiger partial charge is 0.256 e. The van der Waals surface area contributed by atoms with Crippen molar-refractivity contribution < 1.29 is 0 Å². The van der Waals surface area contributed by atoms with E-state index in [2.05, 4.69) is 152 Å². The molecule has 0 bridgehead atoms. The first-order valence-electron chi connectivity index (χ1n) is 15.5. The molecule has 10 rings (SSSR count). The van der Waals surface area contributed by atoms with E-state index in [1.54, 1.807) is 0 Å². The Kier molecular flexibility index (Phi) is 4.95. The van der Waals surface area contributed by atoms with Crippen LogP contribution in [0.15, 0.2) is 158 Å². The van der Waals surface area contributed by atoms with E-state index in [-0.39, 0.29) is 0 Å². The van der Waals surface area contributed by atoms with Crippen molar-refractivity contribution in [3.63, 3.8) is 0 Å². The summed E-state index contributed by atoms with van der Waals surface area (Å²) in [6.07, 6.45) is 1.98. The predicted octanol–water partition coefficient (Wildman–Crippen LogP) is 10.5. The zero-order chi connectivity index (χ0) is 29.5. The predicted molar refractivity (Wildman–Crippen MR) is 184 cm³/mol. The molecule has 2 heterocycles. The molecular formula is C43H26N2. The second-order valence-corrected chi connectivity index (χ2v) is 12.1. The molecule has 2 aliphatic rings. The normalized spacial score (nSPS) is 13.5. The van der Waals surface area contributed by atoms with Gasteiger partial charge in [-0.05, 0) is 68.1 Å². The van der Waals surface area contributed by atoms with Crippen LogP contribution in [0.3, 0.4) is 0 Å². The van der Waals surface area contributed by atoms with Crippen LogP contribution in [-0.2, 0) is 5.41 Å². The molecule has 0 radical (unpaired) electrons. The Morgan fingerprint density at radius 1 is 0.422 bits per heavy atom.